The number of terminal acetylenes is 1. The van der Waals surface area contributed by atoms with E-state index in [9.17, 15) is 14.0 Å². The summed E-state index contributed by atoms with van der Waals surface area (Å²) in [6.45, 7) is 5.43. The summed E-state index contributed by atoms with van der Waals surface area (Å²) in [5.74, 6) is 1.45. The minimum Gasteiger partial charge on any atom is -0.377 e. The SMILES string of the molecule is C#Cc1ccc(C(=O)N2CCN(C(=O)C3CC(=C)C3)[C@@H]3COC[C@@H]32)c(F)c1. The highest BCUT2D eigenvalue weighted by atomic mass is 19.1. The molecular weight excluding hydrogens is 347 g/mol. The summed E-state index contributed by atoms with van der Waals surface area (Å²) in [7, 11) is 0. The van der Waals surface area contributed by atoms with Crippen molar-refractivity contribution < 1.29 is 18.7 Å². The summed E-state index contributed by atoms with van der Waals surface area (Å²) < 4.78 is 19.9. The number of rotatable bonds is 2. The Hall–Kier alpha value is -2.65. The number of amides is 2. The molecule has 0 bridgehead atoms. The molecule has 0 radical (unpaired) electrons. The maximum absolute atomic E-state index is 14.3. The van der Waals surface area contributed by atoms with Gasteiger partial charge in [0.15, 0.2) is 0 Å². The van der Waals surface area contributed by atoms with Crippen molar-refractivity contribution in [3.05, 3.63) is 47.3 Å². The van der Waals surface area contributed by atoms with Gasteiger partial charge < -0.3 is 14.5 Å². The highest BCUT2D eigenvalue weighted by Crippen LogP contribution is 2.35. The Balaban J connectivity index is 1.53. The molecule has 140 valence electrons. The van der Waals surface area contributed by atoms with Crippen LogP contribution in [-0.2, 0) is 9.53 Å². The van der Waals surface area contributed by atoms with Crippen LogP contribution in [0.1, 0.15) is 28.8 Å². The van der Waals surface area contributed by atoms with E-state index in [1.165, 1.54) is 12.1 Å². The number of hydrogen-bond acceptors (Lipinski definition) is 3. The third-order valence-electron chi connectivity index (χ3n) is 5.73. The topological polar surface area (TPSA) is 49.9 Å². The second-order valence-corrected chi connectivity index (χ2v) is 7.40. The fraction of sp³-hybridized carbons (Fsp3) is 0.429. The third kappa shape index (κ3) is 3.02. The second kappa shape index (κ2) is 6.82. The van der Waals surface area contributed by atoms with Crippen molar-refractivity contribution in [3.63, 3.8) is 0 Å². The highest BCUT2D eigenvalue weighted by molar-refractivity contribution is 5.95. The zero-order chi connectivity index (χ0) is 19.1. The number of ether oxygens (including phenoxy) is 1. The molecule has 2 amide bonds. The molecule has 0 N–H and O–H groups in total. The lowest BCUT2D eigenvalue weighted by atomic mass is 9.79. The molecule has 0 unspecified atom stereocenters. The van der Waals surface area contributed by atoms with Crippen LogP contribution in [0.25, 0.3) is 0 Å². The number of piperazine rings is 1. The van der Waals surface area contributed by atoms with Gasteiger partial charge in [0.2, 0.25) is 5.91 Å². The van der Waals surface area contributed by atoms with Gasteiger partial charge in [-0.15, -0.1) is 6.42 Å². The summed E-state index contributed by atoms with van der Waals surface area (Å²) >= 11 is 0. The van der Waals surface area contributed by atoms with E-state index in [1.54, 1.807) is 11.0 Å². The number of hydrogen-bond donors (Lipinski definition) is 0. The number of carbonyl (C=O) groups excluding carboxylic acids is 2. The Kier molecular flexibility index (Phi) is 4.48. The number of allylic oxidation sites excluding steroid dienone is 1. The Bertz CT molecular complexity index is 851. The number of carbonyl (C=O) groups is 2. The molecule has 2 heterocycles. The molecule has 2 aliphatic heterocycles. The van der Waals surface area contributed by atoms with Gasteiger partial charge in [-0.05, 0) is 31.0 Å². The summed E-state index contributed by atoms with van der Waals surface area (Å²) in [5.41, 5.74) is 1.49. The van der Waals surface area contributed by atoms with E-state index >= 15 is 0 Å². The van der Waals surface area contributed by atoms with Crippen molar-refractivity contribution in [2.75, 3.05) is 26.3 Å². The monoisotopic (exact) mass is 368 g/mol. The van der Waals surface area contributed by atoms with Gasteiger partial charge in [0.1, 0.15) is 5.82 Å². The fourth-order valence-corrected chi connectivity index (χ4v) is 4.18. The molecule has 6 heteroatoms. The first kappa shape index (κ1) is 17.7. The molecule has 3 aliphatic rings. The van der Waals surface area contributed by atoms with Crippen molar-refractivity contribution >= 4 is 11.8 Å². The molecule has 1 aromatic carbocycles. The Labute approximate surface area is 157 Å². The van der Waals surface area contributed by atoms with Crippen LogP contribution in [0.5, 0.6) is 0 Å². The molecular formula is C21H21FN2O3. The van der Waals surface area contributed by atoms with E-state index in [4.69, 9.17) is 11.2 Å². The zero-order valence-corrected chi connectivity index (χ0v) is 15.0. The number of fused-ring (bicyclic) bond motifs is 1. The van der Waals surface area contributed by atoms with Crippen LogP contribution in [0, 0.1) is 24.1 Å². The summed E-state index contributed by atoms with van der Waals surface area (Å²) in [5, 5.41) is 0. The van der Waals surface area contributed by atoms with Crippen LogP contribution in [0.3, 0.4) is 0 Å². The molecule has 3 fully saturated rings. The normalized spacial score (nSPS) is 25.0. The smallest absolute Gasteiger partial charge is 0.257 e. The molecule has 2 saturated heterocycles. The largest absolute Gasteiger partial charge is 0.377 e. The maximum atomic E-state index is 14.3. The van der Waals surface area contributed by atoms with Gasteiger partial charge in [-0.1, -0.05) is 18.1 Å². The third-order valence-corrected chi connectivity index (χ3v) is 5.73. The lowest BCUT2D eigenvalue weighted by molar-refractivity contribution is -0.142. The van der Waals surface area contributed by atoms with Crippen LogP contribution in [0.2, 0.25) is 0 Å². The summed E-state index contributed by atoms with van der Waals surface area (Å²) in [4.78, 5) is 29.2. The molecule has 1 saturated carbocycles. The fourth-order valence-electron chi connectivity index (χ4n) is 4.18. The molecule has 1 aromatic rings. The van der Waals surface area contributed by atoms with Gasteiger partial charge in [0, 0.05) is 24.6 Å². The molecule has 5 nitrogen and oxygen atoms in total. The molecule has 1 aliphatic carbocycles. The van der Waals surface area contributed by atoms with Crippen LogP contribution >= 0.6 is 0 Å². The molecule has 4 rings (SSSR count). The average Bonchev–Trinajstić information content (AvgIpc) is 3.13. The van der Waals surface area contributed by atoms with E-state index < -0.39 is 5.82 Å². The Morgan fingerprint density at radius 2 is 1.85 bits per heavy atom. The summed E-state index contributed by atoms with van der Waals surface area (Å²) in [6.07, 6.45) is 6.76. The summed E-state index contributed by atoms with van der Waals surface area (Å²) in [6, 6.07) is 3.73. The Morgan fingerprint density at radius 3 is 2.48 bits per heavy atom. The number of halogens is 1. The van der Waals surface area contributed by atoms with Gasteiger partial charge in [0.25, 0.3) is 5.91 Å². The average molecular weight is 368 g/mol. The number of benzene rings is 1. The first-order chi connectivity index (χ1) is 13.0. The Morgan fingerprint density at radius 1 is 1.19 bits per heavy atom. The van der Waals surface area contributed by atoms with E-state index in [0.29, 0.717) is 31.9 Å². The predicted octanol–water partition coefficient (Wildman–Crippen LogP) is 1.82. The van der Waals surface area contributed by atoms with Crippen LogP contribution in [0.4, 0.5) is 4.39 Å². The standard InChI is InChI=1S/C21H21FN2O3/c1-3-14-4-5-16(17(22)10-14)21(26)24-7-6-23(18-11-27-12-19(18)24)20(25)15-8-13(2)9-15/h1,4-5,10,15,18-19H,2,6-9,11-12H2/t18-,19+/m1/s1. The number of nitrogens with zero attached hydrogens (tertiary/aromatic N) is 2. The highest BCUT2D eigenvalue weighted by Gasteiger charge is 2.46. The van der Waals surface area contributed by atoms with Gasteiger partial charge in [-0.2, -0.15) is 0 Å². The van der Waals surface area contributed by atoms with E-state index in [0.717, 1.165) is 18.4 Å². The molecule has 0 aromatic heterocycles. The first-order valence-electron chi connectivity index (χ1n) is 9.11. The van der Waals surface area contributed by atoms with Crippen LogP contribution in [0.15, 0.2) is 30.4 Å². The van der Waals surface area contributed by atoms with Gasteiger partial charge in [0.05, 0.1) is 30.9 Å². The van der Waals surface area contributed by atoms with Gasteiger partial charge in [-0.25, -0.2) is 4.39 Å². The molecule has 2 atom stereocenters. The van der Waals surface area contributed by atoms with E-state index in [2.05, 4.69) is 12.5 Å². The van der Waals surface area contributed by atoms with Crippen molar-refractivity contribution in [1.29, 1.82) is 0 Å². The second-order valence-electron chi connectivity index (χ2n) is 7.40. The van der Waals surface area contributed by atoms with Gasteiger partial charge >= 0.3 is 0 Å². The lowest BCUT2D eigenvalue weighted by Gasteiger charge is -2.45. The van der Waals surface area contributed by atoms with E-state index in [-0.39, 0.29) is 35.4 Å². The van der Waals surface area contributed by atoms with Crippen LogP contribution in [-0.4, -0.2) is 60.0 Å². The predicted molar refractivity (Wildman–Crippen MR) is 97.3 cm³/mol. The van der Waals surface area contributed by atoms with Crippen molar-refractivity contribution in [2.24, 2.45) is 5.92 Å². The van der Waals surface area contributed by atoms with Gasteiger partial charge in [-0.3, -0.25) is 9.59 Å². The molecule has 0 spiro atoms. The van der Waals surface area contributed by atoms with Crippen LogP contribution < -0.4 is 0 Å². The van der Waals surface area contributed by atoms with Crippen molar-refractivity contribution in [1.82, 2.24) is 9.80 Å². The first-order valence-corrected chi connectivity index (χ1v) is 9.11. The van der Waals surface area contributed by atoms with E-state index in [1.807, 2.05) is 4.90 Å². The van der Waals surface area contributed by atoms with Crippen molar-refractivity contribution in [3.8, 4) is 12.3 Å². The lowest BCUT2D eigenvalue weighted by Crippen LogP contribution is -2.63. The van der Waals surface area contributed by atoms with Crippen molar-refractivity contribution in [2.45, 2.75) is 24.9 Å². The zero-order valence-electron chi connectivity index (χ0n) is 15.0. The molecule has 27 heavy (non-hydrogen) atoms. The maximum Gasteiger partial charge on any atom is 0.257 e. The minimum atomic E-state index is -0.627. The quantitative estimate of drug-likeness (QED) is 0.591. The minimum absolute atomic E-state index is 0.00486.